The minimum absolute atomic E-state index is 0.307. The van der Waals surface area contributed by atoms with Gasteiger partial charge in [-0.3, -0.25) is 0 Å². The molecule has 0 bridgehead atoms. The average Bonchev–Trinajstić information content (AvgIpc) is 2.28. The molecule has 0 rings (SSSR count). The third-order valence-corrected chi connectivity index (χ3v) is 2.52. The van der Waals surface area contributed by atoms with Gasteiger partial charge in [0.05, 0.1) is 12.7 Å². The molecule has 3 nitrogen and oxygen atoms in total. The lowest BCUT2D eigenvalue weighted by Gasteiger charge is -2.23. The molecule has 0 saturated carbocycles. The number of carbonyl (C=O) groups is 1. The number of ether oxygens (including phenoxy) is 1. The van der Waals surface area contributed by atoms with Gasteiger partial charge in [-0.2, -0.15) is 5.26 Å². The SMILES string of the molecule is CC/C=C(\CCC)C(C)(C#N)C(=O)OCC. The highest BCUT2D eigenvalue weighted by atomic mass is 16.5. The summed E-state index contributed by atoms with van der Waals surface area (Å²) in [6.07, 6.45) is 4.47. The largest absolute Gasteiger partial charge is 0.465 e. The molecule has 0 heterocycles. The molecule has 0 saturated heterocycles. The number of hydrogen-bond acceptors (Lipinski definition) is 3. The standard InChI is InChI=1S/C13H21NO2/c1-5-8-11(9-6-2)13(4,10-14)12(15)16-7-3/h8H,5-7,9H2,1-4H3/b11-8+. The minimum Gasteiger partial charge on any atom is -0.465 e. The molecule has 0 radical (unpaired) electrons. The van der Waals surface area contributed by atoms with Gasteiger partial charge in [-0.15, -0.1) is 0 Å². The van der Waals surface area contributed by atoms with Gasteiger partial charge in [0.2, 0.25) is 0 Å². The highest BCUT2D eigenvalue weighted by molar-refractivity contribution is 5.83. The van der Waals surface area contributed by atoms with Gasteiger partial charge >= 0.3 is 5.97 Å². The van der Waals surface area contributed by atoms with Gasteiger partial charge in [-0.1, -0.05) is 26.3 Å². The van der Waals surface area contributed by atoms with Gasteiger partial charge < -0.3 is 4.74 Å². The van der Waals surface area contributed by atoms with Crippen molar-refractivity contribution in [3.63, 3.8) is 0 Å². The Labute approximate surface area is 98.1 Å². The predicted octanol–water partition coefficient (Wildman–Crippen LogP) is 3.22. The van der Waals surface area contributed by atoms with Crippen LogP contribution in [0.1, 0.15) is 47.0 Å². The van der Waals surface area contributed by atoms with Crippen molar-refractivity contribution < 1.29 is 9.53 Å². The number of hydrogen-bond donors (Lipinski definition) is 0. The van der Waals surface area contributed by atoms with Crippen LogP contribution in [0.15, 0.2) is 11.6 Å². The topological polar surface area (TPSA) is 50.1 Å². The molecule has 0 fully saturated rings. The fraction of sp³-hybridized carbons (Fsp3) is 0.692. The van der Waals surface area contributed by atoms with Crippen molar-refractivity contribution in [2.24, 2.45) is 5.41 Å². The summed E-state index contributed by atoms with van der Waals surface area (Å²) in [5.74, 6) is -0.439. The van der Waals surface area contributed by atoms with E-state index in [2.05, 4.69) is 6.07 Å². The van der Waals surface area contributed by atoms with Crippen molar-refractivity contribution in [2.45, 2.75) is 47.0 Å². The second-order valence-electron chi connectivity index (χ2n) is 3.84. The van der Waals surface area contributed by atoms with Crippen molar-refractivity contribution in [3.8, 4) is 6.07 Å². The Morgan fingerprint density at radius 2 is 2.06 bits per heavy atom. The van der Waals surface area contributed by atoms with Gasteiger partial charge in [0, 0.05) is 0 Å². The number of rotatable bonds is 6. The van der Waals surface area contributed by atoms with E-state index in [9.17, 15) is 10.1 Å². The van der Waals surface area contributed by atoms with Crippen LogP contribution < -0.4 is 0 Å². The first-order valence-electron chi connectivity index (χ1n) is 5.84. The van der Waals surface area contributed by atoms with Crippen LogP contribution in [0.2, 0.25) is 0 Å². The van der Waals surface area contributed by atoms with E-state index in [1.165, 1.54) is 0 Å². The molecule has 0 aromatic carbocycles. The first-order chi connectivity index (χ1) is 7.56. The summed E-state index contributed by atoms with van der Waals surface area (Å²) in [6.45, 7) is 7.73. The second kappa shape index (κ2) is 7.05. The highest BCUT2D eigenvalue weighted by Gasteiger charge is 2.38. The van der Waals surface area contributed by atoms with Crippen LogP contribution in [0.25, 0.3) is 0 Å². The van der Waals surface area contributed by atoms with Gasteiger partial charge in [0.1, 0.15) is 0 Å². The van der Waals surface area contributed by atoms with Gasteiger partial charge in [0.25, 0.3) is 0 Å². The van der Waals surface area contributed by atoms with Crippen LogP contribution in [0.4, 0.5) is 0 Å². The molecular weight excluding hydrogens is 202 g/mol. The third kappa shape index (κ3) is 3.37. The minimum atomic E-state index is -1.12. The lowest BCUT2D eigenvalue weighted by atomic mass is 9.80. The molecule has 0 aromatic heterocycles. The van der Waals surface area contributed by atoms with E-state index >= 15 is 0 Å². The zero-order valence-corrected chi connectivity index (χ0v) is 10.7. The van der Waals surface area contributed by atoms with E-state index in [0.717, 1.165) is 24.8 Å². The van der Waals surface area contributed by atoms with E-state index < -0.39 is 11.4 Å². The summed E-state index contributed by atoms with van der Waals surface area (Å²) in [5.41, 5.74) is -0.249. The molecule has 1 unspecified atom stereocenters. The lowest BCUT2D eigenvalue weighted by molar-refractivity contribution is -0.149. The van der Waals surface area contributed by atoms with E-state index in [4.69, 9.17) is 4.74 Å². The van der Waals surface area contributed by atoms with Crippen molar-refractivity contribution >= 4 is 5.97 Å². The molecule has 0 aliphatic heterocycles. The van der Waals surface area contributed by atoms with Crippen LogP contribution in [0.5, 0.6) is 0 Å². The fourth-order valence-electron chi connectivity index (χ4n) is 1.60. The average molecular weight is 223 g/mol. The van der Waals surface area contributed by atoms with Crippen LogP contribution in [-0.4, -0.2) is 12.6 Å². The van der Waals surface area contributed by atoms with Crippen LogP contribution in [0, 0.1) is 16.7 Å². The Kier molecular flexibility index (Phi) is 6.48. The zero-order chi connectivity index (χ0) is 12.6. The Hall–Kier alpha value is -1.30. The number of nitriles is 1. The van der Waals surface area contributed by atoms with Gasteiger partial charge in [-0.25, -0.2) is 4.79 Å². The van der Waals surface area contributed by atoms with Crippen molar-refractivity contribution in [3.05, 3.63) is 11.6 Å². The molecule has 90 valence electrons. The summed E-state index contributed by atoms with van der Waals surface area (Å²) in [6, 6.07) is 2.09. The van der Waals surface area contributed by atoms with E-state index in [0.29, 0.717) is 6.61 Å². The summed E-state index contributed by atoms with van der Waals surface area (Å²) >= 11 is 0. The fourth-order valence-corrected chi connectivity index (χ4v) is 1.60. The first-order valence-corrected chi connectivity index (χ1v) is 5.84. The highest BCUT2D eigenvalue weighted by Crippen LogP contribution is 2.31. The second-order valence-corrected chi connectivity index (χ2v) is 3.84. The monoisotopic (exact) mass is 223 g/mol. The summed E-state index contributed by atoms with van der Waals surface area (Å²) in [4.78, 5) is 11.8. The number of esters is 1. The molecule has 0 aromatic rings. The van der Waals surface area contributed by atoms with Gasteiger partial charge in [0.15, 0.2) is 5.41 Å². The van der Waals surface area contributed by atoms with Crippen LogP contribution >= 0.6 is 0 Å². The maximum Gasteiger partial charge on any atom is 0.330 e. The molecule has 16 heavy (non-hydrogen) atoms. The molecular formula is C13H21NO2. The number of carbonyl (C=O) groups excluding carboxylic acids is 1. The summed E-state index contributed by atoms with van der Waals surface area (Å²) < 4.78 is 4.97. The maximum absolute atomic E-state index is 11.8. The Balaban J connectivity index is 5.12. The molecule has 0 spiro atoms. The van der Waals surface area contributed by atoms with E-state index in [1.54, 1.807) is 13.8 Å². The Morgan fingerprint density at radius 3 is 2.44 bits per heavy atom. The van der Waals surface area contributed by atoms with Crippen molar-refractivity contribution in [1.29, 1.82) is 5.26 Å². The van der Waals surface area contributed by atoms with Crippen LogP contribution in [0.3, 0.4) is 0 Å². The molecule has 0 N–H and O–H groups in total. The molecule has 0 amide bonds. The van der Waals surface area contributed by atoms with Gasteiger partial charge in [-0.05, 0) is 32.3 Å². The number of allylic oxidation sites excluding steroid dienone is 1. The maximum atomic E-state index is 11.8. The molecule has 1 atom stereocenters. The molecule has 0 aliphatic rings. The first kappa shape index (κ1) is 14.7. The van der Waals surface area contributed by atoms with E-state index in [1.807, 2.05) is 19.9 Å². The summed E-state index contributed by atoms with van der Waals surface area (Å²) in [5, 5.41) is 9.21. The smallest absolute Gasteiger partial charge is 0.330 e. The van der Waals surface area contributed by atoms with E-state index in [-0.39, 0.29) is 0 Å². The normalized spacial score (nSPS) is 15.1. The quantitative estimate of drug-likeness (QED) is 0.513. The predicted molar refractivity (Wildman–Crippen MR) is 63.6 cm³/mol. The number of nitrogens with zero attached hydrogens (tertiary/aromatic N) is 1. The Morgan fingerprint density at radius 1 is 1.44 bits per heavy atom. The van der Waals surface area contributed by atoms with Crippen molar-refractivity contribution in [2.75, 3.05) is 6.61 Å². The molecule has 0 aliphatic carbocycles. The molecule has 3 heteroatoms. The van der Waals surface area contributed by atoms with Crippen LogP contribution in [-0.2, 0) is 9.53 Å². The third-order valence-electron chi connectivity index (χ3n) is 2.52. The van der Waals surface area contributed by atoms with Crippen molar-refractivity contribution in [1.82, 2.24) is 0 Å². The lowest BCUT2D eigenvalue weighted by Crippen LogP contribution is -2.30. The Bertz CT molecular complexity index is 302. The summed E-state index contributed by atoms with van der Waals surface area (Å²) in [7, 11) is 0. The zero-order valence-electron chi connectivity index (χ0n) is 10.7.